The van der Waals surface area contributed by atoms with Crippen LogP contribution in [-0.2, 0) is 21.0 Å². The van der Waals surface area contributed by atoms with Crippen molar-refractivity contribution in [3.05, 3.63) is 70.1 Å². The molecule has 9 nitrogen and oxygen atoms in total. The van der Waals surface area contributed by atoms with Gasteiger partial charge >= 0.3 is 10.3 Å². The van der Waals surface area contributed by atoms with E-state index in [0.29, 0.717) is 11.9 Å². The van der Waals surface area contributed by atoms with Crippen molar-refractivity contribution in [3.8, 4) is 5.75 Å². The van der Waals surface area contributed by atoms with Gasteiger partial charge in [-0.05, 0) is 75.3 Å². The number of hydrogen-bond donors (Lipinski definition) is 1. The van der Waals surface area contributed by atoms with Crippen LogP contribution < -0.4 is 15.4 Å². The average molecular weight is 543 g/mol. The molecule has 0 spiro atoms. The second-order valence-corrected chi connectivity index (χ2v) is 10.8. The molecule has 1 aliphatic rings. The number of nitrogens with zero attached hydrogens (tertiary/aromatic N) is 3. The highest BCUT2D eigenvalue weighted by molar-refractivity contribution is 7.84. The Morgan fingerprint density at radius 2 is 1.71 bits per heavy atom. The fourth-order valence-corrected chi connectivity index (χ4v) is 4.84. The van der Waals surface area contributed by atoms with Gasteiger partial charge in [0.1, 0.15) is 5.75 Å². The number of hydrogen-bond acceptors (Lipinski definition) is 7. The summed E-state index contributed by atoms with van der Waals surface area (Å²) in [7, 11) is 1.98. The van der Waals surface area contributed by atoms with E-state index in [1.54, 1.807) is 18.0 Å². The monoisotopic (exact) mass is 542 g/mol. The molecule has 0 amide bonds. The first-order valence-corrected chi connectivity index (χ1v) is 14.3. The number of rotatable bonds is 9. The van der Waals surface area contributed by atoms with Crippen molar-refractivity contribution in [1.82, 2.24) is 14.7 Å². The summed E-state index contributed by atoms with van der Waals surface area (Å²) in [5, 5.41) is 10.6. The van der Waals surface area contributed by atoms with Crippen LogP contribution in [-0.4, -0.2) is 57.0 Å². The van der Waals surface area contributed by atoms with Gasteiger partial charge in [-0.3, -0.25) is 8.98 Å². The lowest BCUT2D eigenvalue weighted by Crippen LogP contribution is -2.25. The molecule has 1 heterocycles. The zero-order valence-electron chi connectivity index (χ0n) is 22.4. The number of ether oxygens (including phenoxy) is 1. The molecule has 1 saturated carbocycles. The Morgan fingerprint density at radius 1 is 1.05 bits per heavy atom. The highest BCUT2D eigenvalue weighted by Crippen LogP contribution is 2.21. The SMILES string of the molecule is COc1ccc(C=Cc2ccc3c(=O)n(CCCN(C)C)ncc3c2)cc1.NS(=O)(=O)OC1CCCCC1. The molecule has 1 aliphatic carbocycles. The summed E-state index contributed by atoms with van der Waals surface area (Å²) in [5.41, 5.74) is 2.09. The Morgan fingerprint density at radius 3 is 2.34 bits per heavy atom. The van der Waals surface area contributed by atoms with Gasteiger partial charge in [0.15, 0.2) is 0 Å². The Balaban J connectivity index is 0.000000304. The van der Waals surface area contributed by atoms with Crippen molar-refractivity contribution >= 4 is 33.2 Å². The van der Waals surface area contributed by atoms with Gasteiger partial charge in [0.05, 0.1) is 24.8 Å². The van der Waals surface area contributed by atoms with Crippen molar-refractivity contribution in [3.63, 3.8) is 0 Å². The number of nitrogens with two attached hydrogens (primary N) is 1. The molecular formula is C28H38N4O5S. The molecule has 0 atom stereocenters. The minimum Gasteiger partial charge on any atom is -0.497 e. The predicted molar refractivity (Wildman–Crippen MR) is 152 cm³/mol. The molecule has 2 N–H and O–H groups in total. The van der Waals surface area contributed by atoms with E-state index in [9.17, 15) is 13.2 Å². The van der Waals surface area contributed by atoms with Crippen molar-refractivity contribution in [2.75, 3.05) is 27.7 Å². The van der Waals surface area contributed by atoms with Gasteiger partial charge in [0.25, 0.3) is 5.56 Å². The van der Waals surface area contributed by atoms with Gasteiger partial charge < -0.3 is 9.64 Å². The first-order valence-electron chi connectivity index (χ1n) is 12.8. The molecule has 38 heavy (non-hydrogen) atoms. The van der Waals surface area contributed by atoms with Crippen LogP contribution >= 0.6 is 0 Å². The molecule has 0 radical (unpaired) electrons. The smallest absolute Gasteiger partial charge is 0.333 e. The van der Waals surface area contributed by atoms with Gasteiger partial charge in [-0.1, -0.05) is 49.6 Å². The minimum absolute atomic E-state index is 0.0306. The summed E-state index contributed by atoms with van der Waals surface area (Å²) in [6, 6.07) is 13.7. The first-order chi connectivity index (χ1) is 18.1. The zero-order valence-corrected chi connectivity index (χ0v) is 23.2. The van der Waals surface area contributed by atoms with Crippen LogP contribution in [0, 0.1) is 0 Å². The molecule has 0 saturated heterocycles. The topological polar surface area (TPSA) is 117 Å². The lowest BCUT2D eigenvalue weighted by atomic mass is 9.98. The quantitative estimate of drug-likeness (QED) is 0.405. The summed E-state index contributed by atoms with van der Waals surface area (Å²) >= 11 is 0. The number of fused-ring (bicyclic) bond motifs is 1. The maximum absolute atomic E-state index is 12.6. The van der Waals surface area contributed by atoms with Gasteiger partial charge in [-0.2, -0.15) is 13.5 Å². The molecule has 0 bridgehead atoms. The number of benzene rings is 2. The standard InChI is InChI=1S/C22H25N3O2.C6H13NO3S/c1-24(2)13-4-14-25-22(26)21-12-9-18(15-19(21)16-23-25)6-5-17-7-10-20(27-3)11-8-17;7-11(8,9)10-6-4-2-1-3-5-6/h5-12,15-16H,4,13-14H2,1-3H3;6H,1-5H2,(H2,7,8,9). The van der Waals surface area contributed by atoms with Crippen LogP contribution in [0.5, 0.6) is 5.75 Å². The predicted octanol–water partition coefficient (Wildman–Crippen LogP) is 4.07. The fourth-order valence-electron chi connectivity index (χ4n) is 4.26. The van der Waals surface area contributed by atoms with Crippen LogP contribution in [0.1, 0.15) is 49.7 Å². The minimum atomic E-state index is -3.72. The largest absolute Gasteiger partial charge is 0.497 e. The second kappa shape index (κ2) is 14.2. The number of methoxy groups -OCH3 is 1. The number of aryl methyl sites for hydroxylation is 1. The van der Waals surface area contributed by atoms with Crippen LogP contribution in [0.15, 0.2) is 53.5 Å². The number of aromatic nitrogens is 2. The molecular weight excluding hydrogens is 504 g/mol. The summed E-state index contributed by atoms with van der Waals surface area (Å²) in [6.45, 7) is 1.56. The lowest BCUT2D eigenvalue weighted by Gasteiger charge is -2.19. The maximum Gasteiger partial charge on any atom is 0.333 e. The van der Waals surface area contributed by atoms with Gasteiger partial charge in [0.2, 0.25) is 0 Å². The van der Waals surface area contributed by atoms with Gasteiger partial charge in [0, 0.05) is 11.9 Å². The highest BCUT2D eigenvalue weighted by atomic mass is 32.2. The average Bonchev–Trinajstić information content (AvgIpc) is 2.89. The van der Waals surface area contributed by atoms with Crippen LogP contribution in [0.2, 0.25) is 0 Å². The van der Waals surface area contributed by atoms with Gasteiger partial charge in [-0.25, -0.2) is 9.82 Å². The Hall–Kier alpha value is -3.05. The third-order valence-electron chi connectivity index (χ3n) is 6.26. The summed E-state index contributed by atoms with van der Waals surface area (Å²) in [4.78, 5) is 14.7. The second-order valence-electron chi connectivity index (χ2n) is 9.63. The van der Waals surface area contributed by atoms with Crippen molar-refractivity contribution in [2.45, 2.75) is 51.2 Å². The molecule has 0 unspecified atom stereocenters. The Bertz CT molecular complexity index is 1360. The Kier molecular flexibility index (Phi) is 11.0. The van der Waals surface area contributed by atoms with E-state index in [4.69, 9.17) is 9.88 Å². The molecule has 0 aliphatic heterocycles. The molecule has 3 aromatic rings. The zero-order chi connectivity index (χ0) is 27.5. The van der Waals surface area contributed by atoms with Crippen molar-refractivity contribution in [2.24, 2.45) is 5.14 Å². The van der Waals surface area contributed by atoms with E-state index >= 15 is 0 Å². The maximum atomic E-state index is 12.6. The third-order valence-corrected chi connectivity index (χ3v) is 6.80. The van der Waals surface area contributed by atoms with E-state index in [1.807, 2.05) is 68.7 Å². The van der Waals surface area contributed by atoms with E-state index < -0.39 is 10.3 Å². The normalized spacial score (nSPS) is 14.6. The van der Waals surface area contributed by atoms with E-state index in [0.717, 1.165) is 60.9 Å². The summed E-state index contributed by atoms with van der Waals surface area (Å²) in [6.07, 6.45) is 11.5. The lowest BCUT2D eigenvalue weighted by molar-refractivity contribution is 0.162. The van der Waals surface area contributed by atoms with E-state index in [-0.39, 0.29) is 11.7 Å². The van der Waals surface area contributed by atoms with Gasteiger partial charge in [-0.15, -0.1) is 0 Å². The van der Waals surface area contributed by atoms with Crippen LogP contribution in [0.4, 0.5) is 0 Å². The highest BCUT2D eigenvalue weighted by Gasteiger charge is 2.18. The first kappa shape index (κ1) is 29.5. The molecule has 1 aromatic heterocycles. The molecule has 4 rings (SSSR count). The molecule has 10 heteroatoms. The fraction of sp³-hybridized carbons (Fsp3) is 0.429. The van der Waals surface area contributed by atoms with Crippen molar-refractivity contribution < 1.29 is 17.3 Å². The summed E-state index contributed by atoms with van der Waals surface area (Å²) < 4.78 is 32.3. The van der Waals surface area contributed by atoms with Crippen LogP contribution in [0.25, 0.3) is 22.9 Å². The molecule has 1 fully saturated rings. The summed E-state index contributed by atoms with van der Waals surface area (Å²) in [5.74, 6) is 0.839. The Labute approximate surface area is 225 Å². The van der Waals surface area contributed by atoms with E-state index in [2.05, 4.69) is 14.2 Å². The van der Waals surface area contributed by atoms with Crippen LogP contribution in [0.3, 0.4) is 0 Å². The molecule has 206 valence electrons. The molecule has 2 aromatic carbocycles. The van der Waals surface area contributed by atoms with Crippen molar-refractivity contribution in [1.29, 1.82) is 0 Å². The van der Waals surface area contributed by atoms with E-state index in [1.165, 1.54) is 6.42 Å². The third kappa shape index (κ3) is 9.68.